The molecule has 0 unspecified atom stereocenters. The minimum absolute atomic E-state index is 0.0176. The van der Waals surface area contributed by atoms with E-state index in [1.165, 1.54) is 24.8 Å². The first kappa shape index (κ1) is 15.9. The Balaban J connectivity index is 2.58. The average Bonchev–Trinajstić information content (AvgIpc) is 2.34. The van der Waals surface area contributed by atoms with Gasteiger partial charge in [0.25, 0.3) is 0 Å². The van der Waals surface area contributed by atoms with Gasteiger partial charge >= 0.3 is 5.97 Å². The molecule has 3 heteroatoms. The van der Waals surface area contributed by atoms with E-state index in [1.54, 1.807) is 11.6 Å². The van der Waals surface area contributed by atoms with Crippen LogP contribution in [0.3, 0.4) is 0 Å². The lowest BCUT2D eigenvalue weighted by molar-refractivity contribution is -0.182. The molecule has 0 bridgehead atoms. The highest BCUT2D eigenvalue weighted by Gasteiger charge is 2.27. The molecule has 0 fully saturated rings. The third-order valence-electron chi connectivity index (χ3n) is 4.16. The lowest BCUT2D eigenvalue weighted by Crippen LogP contribution is -2.20. The molecular weight excluding hydrogens is 243 g/mol. The second-order valence-electron chi connectivity index (χ2n) is 6.20. The molecule has 0 aromatic carbocycles. The maximum atomic E-state index is 11.6. The molecule has 0 radical (unpaired) electrons. The van der Waals surface area contributed by atoms with Gasteiger partial charge in [0.2, 0.25) is 0 Å². The number of allylic oxidation sites excluding steroid dienone is 3. The van der Waals surface area contributed by atoms with Gasteiger partial charge < -0.3 is 0 Å². The standard InChI is InChI=1S/C16H25FO2/c1-12(8-10-15(18)19-17)7-9-14-13(2)6-5-11-16(14,3)4/h8H,5-7,9-11H2,1-4H3/b12-8+. The molecule has 0 aliphatic heterocycles. The predicted octanol–water partition coefficient (Wildman–Crippen LogP) is 5.06. The SMILES string of the molecule is CC1=C(CC/C(C)=C/CC(=O)OF)C(C)(C)CCC1. The molecular formula is C16H25FO2. The van der Waals surface area contributed by atoms with Crippen molar-refractivity contribution in [2.45, 2.75) is 66.2 Å². The topological polar surface area (TPSA) is 26.3 Å². The summed E-state index contributed by atoms with van der Waals surface area (Å²) in [6.07, 6.45) is 7.46. The summed E-state index contributed by atoms with van der Waals surface area (Å²) in [5.74, 6) is -0.826. The molecule has 19 heavy (non-hydrogen) atoms. The molecule has 0 N–H and O–H groups in total. The van der Waals surface area contributed by atoms with E-state index in [0.717, 1.165) is 18.4 Å². The molecule has 1 aliphatic carbocycles. The third kappa shape index (κ3) is 4.81. The molecule has 0 aromatic heterocycles. The zero-order chi connectivity index (χ0) is 14.5. The van der Waals surface area contributed by atoms with Gasteiger partial charge in [0.15, 0.2) is 0 Å². The summed E-state index contributed by atoms with van der Waals surface area (Å²) >= 11 is 0. The Morgan fingerprint density at radius 3 is 2.74 bits per heavy atom. The van der Waals surface area contributed by atoms with E-state index in [4.69, 9.17) is 0 Å². The summed E-state index contributed by atoms with van der Waals surface area (Å²) in [7, 11) is 0. The van der Waals surface area contributed by atoms with Gasteiger partial charge in [0.1, 0.15) is 0 Å². The second kappa shape index (κ2) is 6.88. The molecule has 0 heterocycles. The Morgan fingerprint density at radius 1 is 1.47 bits per heavy atom. The lowest BCUT2D eigenvalue weighted by Gasteiger charge is -2.34. The first-order chi connectivity index (χ1) is 8.86. The van der Waals surface area contributed by atoms with Crippen molar-refractivity contribution in [3.63, 3.8) is 0 Å². The van der Waals surface area contributed by atoms with E-state index in [-0.39, 0.29) is 6.42 Å². The van der Waals surface area contributed by atoms with Gasteiger partial charge in [-0.25, -0.2) is 4.79 Å². The molecule has 0 amide bonds. The van der Waals surface area contributed by atoms with Crippen LogP contribution >= 0.6 is 0 Å². The molecule has 0 aromatic rings. The van der Waals surface area contributed by atoms with Gasteiger partial charge in [0, 0.05) is 4.53 Å². The molecule has 0 atom stereocenters. The van der Waals surface area contributed by atoms with Crippen molar-refractivity contribution in [3.8, 4) is 0 Å². The van der Waals surface area contributed by atoms with Crippen LogP contribution in [-0.2, 0) is 9.74 Å². The summed E-state index contributed by atoms with van der Waals surface area (Å²) in [5, 5.41) is 0. The van der Waals surface area contributed by atoms with Crippen molar-refractivity contribution in [1.82, 2.24) is 0 Å². The van der Waals surface area contributed by atoms with Crippen molar-refractivity contribution in [2.75, 3.05) is 0 Å². The van der Waals surface area contributed by atoms with Crippen molar-refractivity contribution in [2.24, 2.45) is 5.41 Å². The van der Waals surface area contributed by atoms with Crippen molar-refractivity contribution < 1.29 is 14.3 Å². The van der Waals surface area contributed by atoms with Crippen LogP contribution in [0.5, 0.6) is 0 Å². The van der Waals surface area contributed by atoms with E-state index in [0.29, 0.717) is 5.41 Å². The summed E-state index contributed by atoms with van der Waals surface area (Å²) < 4.78 is 11.6. The van der Waals surface area contributed by atoms with Crippen LogP contribution < -0.4 is 0 Å². The maximum Gasteiger partial charge on any atom is 0.352 e. The van der Waals surface area contributed by atoms with Crippen molar-refractivity contribution >= 4 is 5.97 Å². The van der Waals surface area contributed by atoms with Crippen LogP contribution in [0.15, 0.2) is 22.8 Å². The first-order valence-electron chi connectivity index (χ1n) is 7.03. The van der Waals surface area contributed by atoms with Crippen LogP contribution in [0.25, 0.3) is 0 Å². The zero-order valence-electron chi connectivity index (χ0n) is 12.5. The third-order valence-corrected chi connectivity index (χ3v) is 4.16. The van der Waals surface area contributed by atoms with Gasteiger partial charge in [-0.3, -0.25) is 4.94 Å². The number of halogens is 1. The number of rotatable bonds is 5. The number of carbonyl (C=O) groups is 1. The van der Waals surface area contributed by atoms with Crippen LogP contribution in [0, 0.1) is 5.41 Å². The van der Waals surface area contributed by atoms with E-state index >= 15 is 0 Å². The molecule has 2 nitrogen and oxygen atoms in total. The van der Waals surface area contributed by atoms with E-state index < -0.39 is 5.97 Å². The Kier molecular flexibility index (Phi) is 5.77. The van der Waals surface area contributed by atoms with Gasteiger partial charge in [-0.15, -0.1) is 0 Å². The fourth-order valence-electron chi connectivity index (χ4n) is 2.94. The molecule has 0 saturated heterocycles. The maximum absolute atomic E-state index is 11.6. The Bertz CT molecular complexity index is 392. The minimum atomic E-state index is -0.826. The first-order valence-corrected chi connectivity index (χ1v) is 7.03. The summed E-state index contributed by atoms with van der Waals surface area (Å²) in [6, 6.07) is 0. The van der Waals surface area contributed by atoms with Crippen molar-refractivity contribution in [3.05, 3.63) is 22.8 Å². The highest BCUT2D eigenvalue weighted by Crippen LogP contribution is 2.42. The predicted molar refractivity (Wildman–Crippen MR) is 75.1 cm³/mol. The Labute approximate surface area is 115 Å². The molecule has 0 saturated carbocycles. The van der Waals surface area contributed by atoms with Gasteiger partial charge in [-0.2, -0.15) is 0 Å². The minimum Gasteiger partial charge on any atom is -0.255 e. The lowest BCUT2D eigenvalue weighted by atomic mass is 9.71. The second-order valence-corrected chi connectivity index (χ2v) is 6.20. The van der Waals surface area contributed by atoms with Crippen LogP contribution in [0.2, 0.25) is 0 Å². The van der Waals surface area contributed by atoms with Crippen molar-refractivity contribution in [1.29, 1.82) is 0 Å². The molecule has 1 aliphatic rings. The monoisotopic (exact) mass is 268 g/mol. The van der Waals surface area contributed by atoms with E-state index in [2.05, 4.69) is 25.7 Å². The van der Waals surface area contributed by atoms with E-state index in [1.807, 2.05) is 6.92 Å². The largest absolute Gasteiger partial charge is 0.352 e. The fraction of sp³-hybridized carbons (Fsp3) is 0.688. The zero-order valence-corrected chi connectivity index (χ0v) is 12.5. The fourth-order valence-corrected chi connectivity index (χ4v) is 2.94. The van der Waals surface area contributed by atoms with Crippen LogP contribution in [0.1, 0.15) is 66.2 Å². The highest BCUT2D eigenvalue weighted by atomic mass is 19.3. The van der Waals surface area contributed by atoms with E-state index in [9.17, 15) is 9.32 Å². The summed E-state index contributed by atoms with van der Waals surface area (Å²) in [6.45, 7) is 8.84. The molecule has 108 valence electrons. The molecule has 0 spiro atoms. The highest BCUT2D eigenvalue weighted by molar-refractivity contribution is 5.70. The Hall–Kier alpha value is -1.12. The molecule has 1 rings (SSSR count). The number of hydrogen-bond acceptors (Lipinski definition) is 2. The summed E-state index contributed by atoms with van der Waals surface area (Å²) in [5.41, 5.74) is 4.49. The van der Waals surface area contributed by atoms with Crippen LogP contribution in [0.4, 0.5) is 4.53 Å². The van der Waals surface area contributed by atoms with Gasteiger partial charge in [-0.05, 0) is 51.4 Å². The van der Waals surface area contributed by atoms with Gasteiger partial charge in [0.05, 0.1) is 6.42 Å². The summed E-state index contributed by atoms with van der Waals surface area (Å²) in [4.78, 5) is 13.9. The Morgan fingerprint density at radius 2 is 2.16 bits per heavy atom. The van der Waals surface area contributed by atoms with Gasteiger partial charge in [-0.1, -0.05) is 36.6 Å². The normalized spacial score (nSPS) is 19.5. The number of carbonyl (C=O) groups excluding carboxylic acids is 1. The average molecular weight is 268 g/mol. The van der Waals surface area contributed by atoms with Crippen LogP contribution in [-0.4, -0.2) is 5.97 Å². The quantitative estimate of drug-likeness (QED) is 0.652. The number of hydrogen-bond donors (Lipinski definition) is 0. The smallest absolute Gasteiger partial charge is 0.255 e.